The average Bonchev–Trinajstić information content (AvgIpc) is 2.40. The predicted octanol–water partition coefficient (Wildman–Crippen LogP) is 2.79. The maximum absolute atomic E-state index is 5.41. The number of hydrogen-bond acceptors (Lipinski definition) is 3. The van der Waals surface area contributed by atoms with Crippen molar-refractivity contribution in [3.8, 4) is 5.75 Å². The van der Waals surface area contributed by atoms with Crippen LogP contribution in [0, 0.1) is 0 Å². The molecule has 1 aromatic rings. The summed E-state index contributed by atoms with van der Waals surface area (Å²) in [7, 11) is 1.74. The van der Waals surface area contributed by atoms with E-state index in [2.05, 4.69) is 37.9 Å². The maximum atomic E-state index is 5.41. The fourth-order valence-corrected chi connectivity index (χ4v) is 2.72. The third-order valence-electron chi connectivity index (χ3n) is 3.20. The van der Waals surface area contributed by atoms with Gasteiger partial charge in [0.15, 0.2) is 0 Å². The highest BCUT2D eigenvalue weighted by molar-refractivity contribution is 9.09. The first kappa shape index (κ1) is 15.8. The Morgan fingerprint density at radius 3 is 2.44 bits per heavy atom. The number of anilines is 1. The maximum Gasteiger partial charge on any atom is 0.142 e. The van der Waals surface area contributed by atoms with Crippen LogP contribution in [0.4, 0.5) is 5.69 Å². The van der Waals surface area contributed by atoms with E-state index in [1.54, 1.807) is 7.11 Å². The summed E-state index contributed by atoms with van der Waals surface area (Å²) in [6, 6.07) is 8.26. The third-order valence-corrected chi connectivity index (χ3v) is 3.55. The van der Waals surface area contributed by atoms with Gasteiger partial charge in [-0.2, -0.15) is 0 Å². The zero-order valence-corrected chi connectivity index (χ0v) is 13.9. The number of benzene rings is 1. The number of rotatable bonds is 4. The molecule has 0 bridgehead atoms. The summed E-state index contributed by atoms with van der Waals surface area (Å²) in [5, 5.41) is 1.06. The molecule has 0 amide bonds. The van der Waals surface area contributed by atoms with Crippen LogP contribution in [0.15, 0.2) is 24.3 Å². The molecule has 0 atom stereocenters. The van der Waals surface area contributed by atoms with Crippen LogP contribution in [-0.4, -0.2) is 50.1 Å². The standard InChI is InChI=1S/C13H19BrN2O.BrH/c1-17-13-5-3-2-4-12(13)16-10-8-15(7-6-14)9-11-16;/h2-5H,6-11H2,1H3;1H. The second-order valence-corrected chi connectivity index (χ2v) is 4.98. The number of methoxy groups -OCH3 is 1. The molecule has 0 N–H and O–H groups in total. The summed E-state index contributed by atoms with van der Waals surface area (Å²) in [6.45, 7) is 5.55. The number of piperazine rings is 1. The van der Waals surface area contributed by atoms with Crippen molar-refractivity contribution in [3.05, 3.63) is 24.3 Å². The number of ether oxygens (including phenoxy) is 1. The monoisotopic (exact) mass is 378 g/mol. The predicted molar refractivity (Wildman–Crippen MR) is 85.8 cm³/mol. The first-order chi connectivity index (χ1) is 8.35. The number of halogens is 2. The van der Waals surface area contributed by atoms with Gasteiger partial charge >= 0.3 is 0 Å². The zero-order chi connectivity index (χ0) is 12.1. The van der Waals surface area contributed by atoms with Gasteiger partial charge in [-0.1, -0.05) is 28.1 Å². The van der Waals surface area contributed by atoms with Crippen molar-refractivity contribution in [3.63, 3.8) is 0 Å². The molecule has 0 saturated carbocycles. The van der Waals surface area contributed by atoms with Crippen molar-refractivity contribution < 1.29 is 4.74 Å². The molecular formula is C13H20Br2N2O. The van der Waals surface area contributed by atoms with E-state index in [1.807, 2.05) is 12.1 Å². The SMILES string of the molecule is Br.COc1ccccc1N1CCN(CCBr)CC1. The van der Waals surface area contributed by atoms with Gasteiger partial charge in [0.1, 0.15) is 5.75 Å². The second-order valence-electron chi connectivity index (χ2n) is 4.19. The molecule has 3 nitrogen and oxygen atoms in total. The summed E-state index contributed by atoms with van der Waals surface area (Å²) in [5.74, 6) is 0.974. The molecule has 1 heterocycles. The van der Waals surface area contributed by atoms with Crippen LogP contribution in [0.5, 0.6) is 5.75 Å². The molecule has 2 rings (SSSR count). The minimum Gasteiger partial charge on any atom is -0.495 e. The summed E-state index contributed by atoms with van der Waals surface area (Å²) >= 11 is 3.49. The quantitative estimate of drug-likeness (QED) is 0.748. The van der Waals surface area contributed by atoms with Gasteiger partial charge in [-0.05, 0) is 12.1 Å². The highest BCUT2D eigenvalue weighted by Gasteiger charge is 2.18. The van der Waals surface area contributed by atoms with Crippen LogP contribution in [-0.2, 0) is 0 Å². The minimum absolute atomic E-state index is 0. The Labute approximate surface area is 128 Å². The fourth-order valence-electron chi connectivity index (χ4n) is 2.22. The van der Waals surface area contributed by atoms with Crippen LogP contribution in [0.3, 0.4) is 0 Å². The smallest absolute Gasteiger partial charge is 0.142 e. The summed E-state index contributed by atoms with van der Waals surface area (Å²) in [5.41, 5.74) is 1.22. The van der Waals surface area contributed by atoms with Crippen LogP contribution < -0.4 is 9.64 Å². The number of para-hydroxylation sites is 2. The van der Waals surface area contributed by atoms with Crippen molar-refractivity contribution in [2.45, 2.75) is 0 Å². The van der Waals surface area contributed by atoms with E-state index in [0.29, 0.717) is 0 Å². The summed E-state index contributed by atoms with van der Waals surface area (Å²) in [6.07, 6.45) is 0. The van der Waals surface area contributed by atoms with E-state index in [1.165, 1.54) is 5.69 Å². The van der Waals surface area contributed by atoms with Gasteiger partial charge in [0.25, 0.3) is 0 Å². The molecule has 102 valence electrons. The zero-order valence-electron chi connectivity index (χ0n) is 10.6. The topological polar surface area (TPSA) is 15.7 Å². The van der Waals surface area contributed by atoms with Gasteiger partial charge < -0.3 is 9.64 Å². The van der Waals surface area contributed by atoms with Gasteiger partial charge in [-0.3, -0.25) is 4.90 Å². The first-order valence-electron chi connectivity index (χ1n) is 6.01. The van der Waals surface area contributed by atoms with E-state index in [0.717, 1.165) is 43.8 Å². The van der Waals surface area contributed by atoms with Crippen LogP contribution in [0.25, 0.3) is 0 Å². The van der Waals surface area contributed by atoms with E-state index >= 15 is 0 Å². The van der Waals surface area contributed by atoms with Gasteiger partial charge in [0.2, 0.25) is 0 Å². The van der Waals surface area contributed by atoms with Crippen molar-refractivity contribution >= 4 is 38.6 Å². The Kier molecular flexibility index (Phi) is 7.04. The van der Waals surface area contributed by atoms with E-state index in [9.17, 15) is 0 Å². The molecule has 1 aliphatic heterocycles. The lowest BCUT2D eigenvalue weighted by atomic mass is 10.2. The van der Waals surface area contributed by atoms with Gasteiger partial charge in [0.05, 0.1) is 12.8 Å². The normalized spacial score (nSPS) is 16.2. The Morgan fingerprint density at radius 1 is 1.17 bits per heavy atom. The molecule has 1 saturated heterocycles. The second kappa shape index (κ2) is 8.02. The molecule has 0 radical (unpaired) electrons. The van der Waals surface area contributed by atoms with Gasteiger partial charge in [-0.25, -0.2) is 0 Å². The summed E-state index contributed by atoms with van der Waals surface area (Å²) in [4.78, 5) is 4.89. The summed E-state index contributed by atoms with van der Waals surface area (Å²) < 4.78 is 5.41. The lowest BCUT2D eigenvalue weighted by Crippen LogP contribution is -2.47. The van der Waals surface area contributed by atoms with E-state index < -0.39 is 0 Å². The van der Waals surface area contributed by atoms with Gasteiger partial charge in [0, 0.05) is 38.1 Å². The van der Waals surface area contributed by atoms with Crippen molar-refractivity contribution in [1.82, 2.24) is 4.90 Å². The molecule has 1 aromatic carbocycles. The number of alkyl halides is 1. The molecule has 1 aliphatic rings. The highest BCUT2D eigenvalue weighted by atomic mass is 79.9. The number of nitrogens with zero attached hydrogens (tertiary/aromatic N) is 2. The van der Waals surface area contributed by atoms with Crippen molar-refractivity contribution in [2.75, 3.05) is 50.1 Å². The molecule has 0 spiro atoms. The third kappa shape index (κ3) is 3.87. The van der Waals surface area contributed by atoms with Crippen LogP contribution in [0.2, 0.25) is 0 Å². The van der Waals surface area contributed by atoms with Crippen LogP contribution in [0.1, 0.15) is 0 Å². The van der Waals surface area contributed by atoms with Crippen molar-refractivity contribution in [2.24, 2.45) is 0 Å². The van der Waals surface area contributed by atoms with Crippen LogP contribution >= 0.6 is 32.9 Å². The van der Waals surface area contributed by atoms with Gasteiger partial charge in [-0.15, -0.1) is 17.0 Å². The minimum atomic E-state index is 0. The average molecular weight is 380 g/mol. The molecule has 0 aliphatic carbocycles. The largest absolute Gasteiger partial charge is 0.495 e. The first-order valence-corrected chi connectivity index (χ1v) is 7.13. The lowest BCUT2D eigenvalue weighted by Gasteiger charge is -2.36. The Balaban J connectivity index is 0.00000162. The molecule has 0 unspecified atom stereocenters. The highest BCUT2D eigenvalue weighted by Crippen LogP contribution is 2.28. The Bertz CT molecular complexity index is 355. The number of hydrogen-bond donors (Lipinski definition) is 0. The molecule has 0 aromatic heterocycles. The van der Waals surface area contributed by atoms with E-state index in [4.69, 9.17) is 4.74 Å². The Hall–Kier alpha value is -0.260. The van der Waals surface area contributed by atoms with E-state index in [-0.39, 0.29) is 17.0 Å². The fraction of sp³-hybridized carbons (Fsp3) is 0.538. The molecule has 18 heavy (non-hydrogen) atoms. The molecule has 1 fully saturated rings. The molecular weight excluding hydrogens is 360 g/mol. The molecule has 5 heteroatoms. The lowest BCUT2D eigenvalue weighted by molar-refractivity contribution is 0.273. The Morgan fingerprint density at radius 2 is 1.83 bits per heavy atom. The van der Waals surface area contributed by atoms with Crippen molar-refractivity contribution in [1.29, 1.82) is 0 Å².